The molecule has 0 aliphatic rings. The minimum absolute atomic E-state index is 0.260. The highest BCUT2D eigenvalue weighted by Gasteiger charge is 2.26. The van der Waals surface area contributed by atoms with E-state index in [0.717, 1.165) is 4.47 Å². The van der Waals surface area contributed by atoms with Crippen LogP contribution in [0.3, 0.4) is 0 Å². The van der Waals surface area contributed by atoms with E-state index in [1.807, 2.05) is 18.2 Å². The lowest BCUT2D eigenvalue weighted by Crippen LogP contribution is -2.10. The van der Waals surface area contributed by atoms with Crippen molar-refractivity contribution in [1.82, 2.24) is 0 Å². The second-order valence-corrected chi connectivity index (χ2v) is 5.72. The molecule has 5 heteroatoms. The van der Waals surface area contributed by atoms with Crippen molar-refractivity contribution in [2.75, 3.05) is 0 Å². The van der Waals surface area contributed by atoms with Gasteiger partial charge in [0.05, 0.1) is 16.0 Å². The molecule has 1 unspecified atom stereocenters. The van der Waals surface area contributed by atoms with Gasteiger partial charge in [0.1, 0.15) is 5.92 Å². The number of thiophene rings is 1. The van der Waals surface area contributed by atoms with Crippen LogP contribution < -0.4 is 0 Å². The number of ketones is 1. The highest BCUT2D eigenvalue weighted by Crippen LogP contribution is 2.31. The predicted octanol–water partition coefficient (Wildman–Crippen LogP) is 4.65. The number of benzene rings is 1. The first-order chi connectivity index (χ1) is 8.65. The standard InChI is InChI=1S/C13H7BrClNOS/c14-10-4-2-1-3-8(10)9(7-16)12(17)13-11(15)5-6-18-13/h1-6,9H. The highest BCUT2D eigenvalue weighted by atomic mass is 79.9. The quantitative estimate of drug-likeness (QED) is 0.763. The fourth-order valence-corrected chi connectivity index (χ4v) is 3.21. The predicted molar refractivity (Wildman–Crippen MR) is 76.2 cm³/mol. The molecule has 0 bridgehead atoms. The van der Waals surface area contributed by atoms with Crippen LogP contribution in [-0.4, -0.2) is 5.78 Å². The Labute approximate surface area is 122 Å². The third-order valence-corrected chi connectivity index (χ3v) is 4.53. The van der Waals surface area contributed by atoms with Gasteiger partial charge in [-0.1, -0.05) is 45.7 Å². The number of carbonyl (C=O) groups excluding carboxylic acids is 1. The molecule has 1 aromatic heterocycles. The first kappa shape index (κ1) is 13.3. The minimum Gasteiger partial charge on any atom is -0.291 e. The van der Waals surface area contributed by atoms with Gasteiger partial charge < -0.3 is 0 Å². The van der Waals surface area contributed by atoms with Gasteiger partial charge in [0.2, 0.25) is 0 Å². The van der Waals surface area contributed by atoms with Gasteiger partial charge in [-0.25, -0.2) is 0 Å². The van der Waals surface area contributed by atoms with E-state index in [2.05, 4.69) is 15.9 Å². The van der Waals surface area contributed by atoms with Gasteiger partial charge in [0.15, 0.2) is 5.78 Å². The topological polar surface area (TPSA) is 40.9 Å². The van der Waals surface area contributed by atoms with Gasteiger partial charge in [0.25, 0.3) is 0 Å². The average molecular weight is 341 g/mol. The molecule has 1 aromatic carbocycles. The summed E-state index contributed by atoms with van der Waals surface area (Å²) in [6, 6.07) is 10.9. The molecule has 0 N–H and O–H groups in total. The highest BCUT2D eigenvalue weighted by molar-refractivity contribution is 9.10. The van der Waals surface area contributed by atoms with Crippen molar-refractivity contribution in [3.63, 3.8) is 0 Å². The van der Waals surface area contributed by atoms with Crippen LogP contribution in [0.1, 0.15) is 21.2 Å². The summed E-state index contributed by atoms with van der Waals surface area (Å²) in [5, 5.41) is 11.4. The molecule has 0 saturated carbocycles. The van der Waals surface area contributed by atoms with Crippen molar-refractivity contribution in [2.45, 2.75) is 5.92 Å². The largest absolute Gasteiger partial charge is 0.291 e. The second kappa shape index (κ2) is 5.66. The van der Waals surface area contributed by atoms with Crippen LogP contribution in [-0.2, 0) is 0 Å². The number of rotatable bonds is 3. The minimum atomic E-state index is -0.836. The van der Waals surface area contributed by atoms with Gasteiger partial charge in [-0.15, -0.1) is 11.3 Å². The van der Waals surface area contributed by atoms with E-state index in [1.165, 1.54) is 11.3 Å². The maximum atomic E-state index is 12.3. The Balaban J connectivity index is 2.43. The first-order valence-electron chi connectivity index (χ1n) is 5.06. The monoisotopic (exact) mass is 339 g/mol. The molecule has 0 spiro atoms. The molecule has 0 amide bonds. The summed E-state index contributed by atoms with van der Waals surface area (Å²) in [7, 11) is 0. The zero-order valence-electron chi connectivity index (χ0n) is 9.06. The molecule has 1 atom stereocenters. The maximum Gasteiger partial charge on any atom is 0.195 e. The molecule has 2 rings (SSSR count). The van der Waals surface area contributed by atoms with Crippen LogP contribution in [0, 0.1) is 11.3 Å². The molecule has 2 aromatic rings. The first-order valence-corrected chi connectivity index (χ1v) is 7.11. The molecule has 1 heterocycles. The van der Waals surface area contributed by atoms with Gasteiger partial charge in [-0.2, -0.15) is 5.26 Å². The number of hydrogen-bond donors (Lipinski definition) is 0. The van der Waals surface area contributed by atoms with Crippen molar-refractivity contribution >= 4 is 44.7 Å². The zero-order chi connectivity index (χ0) is 13.1. The van der Waals surface area contributed by atoms with Crippen LogP contribution in [0.15, 0.2) is 40.2 Å². The molecule has 0 aliphatic heterocycles. The van der Waals surface area contributed by atoms with Crippen LogP contribution >= 0.6 is 38.9 Å². The van der Waals surface area contributed by atoms with Crippen LogP contribution in [0.5, 0.6) is 0 Å². The molecule has 0 aliphatic carbocycles. The summed E-state index contributed by atoms with van der Waals surface area (Å²) >= 11 is 10.5. The lowest BCUT2D eigenvalue weighted by atomic mass is 9.95. The number of hydrogen-bond acceptors (Lipinski definition) is 3. The normalized spacial score (nSPS) is 11.8. The lowest BCUT2D eigenvalue weighted by Gasteiger charge is -2.09. The van der Waals surface area contributed by atoms with Crippen LogP contribution in [0.2, 0.25) is 5.02 Å². The zero-order valence-corrected chi connectivity index (χ0v) is 12.2. The molecular weight excluding hydrogens is 334 g/mol. The Kier molecular flexibility index (Phi) is 4.18. The molecule has 0 radical (unpaired) electrons. The second-order valence-electron chi connectivity index (χ2n) is 3.55. The average Bonchev–Trinajstić information content (AvgIpc) is 2.78. The van der Waals surface area contributed by atoms with Crippen molar-refractivity contribution in [2.24, 2.45) is 0 Å². The summed E-state index contributed by atoms with van der Waals surface area (Å²) in [4.78, 5) is 12.7. The third kappa shape index (κ3) is 2.49. The summed E-state index contributed by atoms with van der Waals surface area (Å²) < 4.78 is 0.748. The number of halogens is 2. The summed E-state index contributed by atoms with van der Waals surface area (Å²) in [5.41, 5.74) is 0.662. The summed E-state index contributed by atoms with van der Waals surface area (Å²) in [6.07, 6.45) is 0. The maximum absolute atomic E-state index is 12.3. The van der Waals surface area contributed by atoms with Crippen molar-refractivity contribution in [3.8, 4) is 6.07 Å². The van der Waals surface area contributed by atoms with Crippen molar-refractivity contribution < 1.29 is 4.79 Å². The third-order valence-electron chi connectivity index (χ3n) is 2.45. The Morgan fingerprint density at radius 1 is 1.39 bits per heavy atom. The van der Waals surface area contributed by atoms with E-state index in [1.54, 1.807) is 23.6 Å². The van der Waals surface area contributed by atoms with E-state index >= 15 is 0 Å². The van der Waals surface area contributed by atoms with Crippen molar-refractivity contribution in [1.29, 1.82) is 5.26 Å². The smallest absolute Gasteiger partial charge is 0.195 e. The Morgan fingerprint density at radius 3 is 2.67 bits per heavy atom. The molecule has 18 heavy (non-hydrogen) atoms. The van der Waals surface area contributed by atoms with Crippen LogP contribution in [0.25, 0.3) is 0 Å². The number of Topliss-reactive ketones (excluding diaryl/α,β-unsaturated/α-hetero) is 1. The van der Waals surface area contributed by atoms with Gasteiger partial charge in [0, 0.05) is 4.47 Å². The molecule has 90 valence electrons. The molecule has 0 fully saturated rings. The summed E-state index contributed by atoms with van der Waals surface area (Å²) in [6.45, 7) is 0. The number of nitrogens with zero attached hydrogens (tertiary/aromatic N) is 1. The molecule has 0 saturated heterocycles. The fourth-order valence-electron chi connectivity index (χ4n) is 1.58. The van der Waals surface area contributed by atoms with E-state index in [0.29, 0.717) is 15.5 Å². The van der Waals surface area contributed by atoms with E-state index in [4.69, 9.17) is 11.6 Å². The fraction of sp³-hybridized carbons (Fsp3) is 0.0769. The number of nitriles is 1. The van der Waals surface area contributed by atoms with Gasteiger partial charge in [-0.3, -0.25) is 4.79 Å². The van der Waals surface area contributed by atoms with Gasteiger partial charge >= 0.3 is 0 Å². The Morgan fingerprint density at radius 2 is 2.11 bits per heavy atom. The van der Waals surface area contributed by atoms with Crippen LogP contribution in [0.4, 0.5) is 0 Å². The molecular formula is C13H7BrClNOS. The number of carbonyl (C=O) groups is 1. The lowest BCUT2D eigenvalue weighted by molar-refractivity contribution is 0.0982. The van der Waals surface area contributed by atoms with E-state index in [-0.39, 0.29) is 5.78 Å². The summed E-state index contributed by atoms with van der Waals surface area (Å²) in [5.74, 6) is -1.10. The Hall–Kier alpha value is -1.15. The van der Waals surface area contributed by atoms with Crippen molar-refractivity contribution in [3.05, 3.63) is 55.6 Å². The molecule has 2 nitrogen and oxygen atoms in total. The SMILES string of the molecule is N#CC(C(=O)c1sccc1Cl)c1ccccc1Br. The van der Waals surface area contributed by atoms with Gasteiger partial charge in [-0.05, 0) is 23.1 Å². The van der Waals surface area contributed by atoms with E-state index in [9.17, 15) is 10.1 Å². The Bertz CT molecular complexity index is 632. The van der Waals surface area contributed by atoms with E-state index < -0.39 is 5.92 Å².